The molecule has 0 saturated heterocycles. The van der Waals surface area contributed by atoms with Gasteiger partial charge in [0, 0.05) is 20.8 Å². The Labute approximate surface area is 191 Å². The summed E-state index contributed by atoms with van der Waals surface area (Å²) < 4.78 is 2.65. The molecule has 0 aliphatic heterocycles. The number of aryl methyl sites for hydroxylation is 1. The lowest BCUT2D eigenvalue weighted by molar-refractivity contribution is 0.102. The molecule has 0 atom stereocenters. The highest BCUT2D eigenvalue weighted by Crippen LogP contribution is 2.27. The molecule has 0 aliphatic carbocycles. The van der Waals surface area contributed by atoms with Crippen LogP contribution in [0.15, 0.2) is 53.0 Å². The Kier molecular flexibility index (Phi) is 5.99. The summed E-state index contributed by atoms with van der Waals surface area (Å²) in [5, 5.41) is 12.2. The highest BCUT2D eigenvalue weighted by atomic mass is 79.9. The number of benzene rings is 2. The number of carbonyl (C=O) groups is 1. The van der Waals surface area contributed by atoms with Crippen LogP contribution in [0.3, 0.4) is 0 Å². The fourth-order valence-electron chi connectivity index (χ4n) is 3.00. The van der Waals surface area contributed by atoms with Gasteiger partial charge >= 0.3 is 0 Å². The van der Waals surface area contributed by atoms with Gasteiger partial charge in [0.1, 0.15) is 0 Å². The number of nitrogens with one attached hydrogen (secondary N) is 1. The first-order valence-corrected chi connectivity index (χ1v) is 11.1. The van der Waals surface area contributed by atoms with E-state index in [1.165, 1.54) is 16.9 Å². The highest BCUT2D eigenvalue weighted by Gasteiger charge is 2.19. The van der Waals surface area contributed by atoms with Crippen LogP contribution in [0, 0.1) is 13.8 Å². The number of thiazole rings is 1. The Morgan fingerprint density at radius 3 is 2.70 bits per heavy atom. The first-order chi connectivity index (χ1) is 14.4. The van der Waals surface area contributed by atoms with Crippen LogP contribution in [-0.2, 0) is 6.42 Å². The van der Waals surface area contributed by atoms with Gasteiger partial charge in [-0.15, -0.1) is 16.4 Å². The summed E-state index contributed by atoms with van der Waals surface area (Å²) in [4.78, 5) is 18.4. The maximum absolute atomic E-state index is 12.8. The number of hydrogen-bond acceptors (Lipinski definition) is 5. The molecule has 4 rings (SSSR count). The maximum atomic E-state index is 12.8. The highest BCUT2D eigenvalue weighted by molar-refractivity contribution is 9.10. The van der Waals surface area contributed by atoms with Crippen molar-refractivity contribution in [3.63, 3.8) is 0 Å². The first kappa shape index (κ1) is 20.7. The van der Waals surface area contributed by atoms with Crippen molar-refractivity contribution in [2.75, 3.05) is 5.32 Å². The van der Waals surface area contributed by atoms with Crippen molar-refractivity contribution in [1.29, 1.82) is 0 Å². The number of anilines is 1. The summed E-state index contributed by atoms with van der Waals surface area (Å²) in [7, 11) is 0. The third-order valence-electron chi connectivity index (χ3n) is 4.55. The molecule has 1 N–H and O–H groups in total. The normalized spacial score (nSPS) is 10.9. The van der Waals surface area contributed by atoms with Crippen molar-refractivity contribution < 1.29 is 4.79 Å². The number of carbonyl (C=O) groups excluding carboxylic acids is 1. The van der Waals surface area contributed by atoms with Crippen LogP contribution in [0.2, 0.25) is 5.02 Å². The molecule has 0 fully saturated rings. The Morgan fingerprint density at radius 1 is 1.20 bits per heavy atom. The summed E-state index contributed by atoms with van der Waals surface area (Å²) in [6.45, 7) is 3.75. The Hall–Kier alpha value is -2.55. The van der Waals surface area contributed by atoms with E-state index in [4.69, 9.17) is 11.6 Å². The minimum absolute atomic E-state index is 0.256. The van der Waals surface area contributed by atoms with Gasteiger partial charge in [-0.05, 0) is 55.8 Å². The monoisotopic (exact) mass is 501 g/mol. The van der Waals surface area contributed by atoms with E-state index in [0.29, 0.717) is 15.8 Å². The van der Waals surface area contributed by atoms with E-state index in [1.54, 1.807) is 23.7 Å². The molecule has 0 spiro atoms. The lowest BCUT2D eigenvalue weighted by Crippen LogP contribution is -2.14. The van der Waals surface area contributed by atoms with Crippen LogP contribution < -0.4 is 5.32 Å². The van der Waals surface area contributed by atoms with E-state index in [1.807, 2.05) is 31.2 Å². The van der Waals surface area contributed by atoms with Crippen molar-refractivity contribution in [3.8, 4) is 5.69 Å². The Morgan fingerprint density at radius 2 is 1.97 bits per heavy atom. The SMILES string of the molecule is Cc1nc(NC(=O)c2nnn(-c3ccc(Cl)cc3)c2C)sc1Cc1cccc(Br)c1. The summed E-state index contributed by atoms with van der Waals surface area (Å²) in [6.07, 6.45) is 0.755. The van der Waals surface area contributed by atoms with Crippen LogP contribution >= 0.6 is 38.9 Å². The summed E-state index contributed by atoms with van der Waals surface area (Å²) in [6, 6.07) is 15.3. The average molecular weight is 503 g/mol. The second-order valence-electron chi connectivity index (χ2n) is 6.70. The van der Waals surface area contributed by atoms with Gasteiger partial charge in [0.25, 0.3) is 5.91 Å². The topological polar surface area (TPSA) is 72.7 Å². The molecule has 9 heteroatoms. The lowest BCUT2D eigenvalue weighted by Gasteiger charge is -2.04. The summed E-state index contributed by atoms with van der Waals surface area (Å²) in [5.41, 5.74) is 3.75. The van der Waals surface area contributed by atoms with Crippen LogP contribution in [0.1, 0.15) is 32.3 Å². The zero-order valence-corrected chi connectivity index (χ0v) is 19.3. The second-order valence-corrected chi connectivity index (χ2v) is 9.14. The lowest BCUT2D eigenvalue weighted by atomic mass is 10.1. The van der Waals surface area contributed by atoms with Gasteiger partial charge in [0.2, 0.25) is 0 Å². The van der Waals surface area contributed by atoms with Crippen molar-refractivity contribution in [2.24, 2.45) is 0 Å². The van der Waals surface area contributed by atoms with Gasteiger partial charge in [-0.1, -0.05) is 44.9 Å². The molecule has 2 aromatic carbocycles. The van der Waals surface area contributed by atoms with E-state index in [9.17, 15) is 4.79 Å². The van der Waals surface area contributed by atoms with Crippen molar-refractivity contribution in [3.05, 3.63) is 85.5 Å². The van der Waals surface area contributed by atoms with Gasteiger partial charge in [-0.3, -0.25) is 10.1 Å². The number of hydrogen-bond donors (Lipinski definition) is 1. The summed E-state index contributed by atoms with van der Waals surface area (Å²) in [5.74, 6) is -0.338. The smallest absolute Gasteiger partial charge is 0.279 e. The molecule has 2 aromatic heterocycles. The fourth-order valence-corrected chi connectivity index (χ4v) is 4.57. The number of amides is 1. The Balaban J connectivity index is 1.51. The number of nitrogens with zero attached hydrogens (tertiary/aromatic N) is 4. The van der Waals surface area contributed by atoms with Crippen molar-refractivity contribution in [1.82, 2.24) is 20.0 Å². The largest absolute Gasteiger partial charge is 0.296 e. The third kappa shape index (κ3) is 4.45. The molecule has 152 valence electrons. The molecule has 6 nitrogen and oxygen atoms in total. The molecule has 30 heavy (non-hydrogen) atoms. The fraction of sp³-hybridized carbons (Fsp3) is 0.143. The number of halogens is 2. The molecular weight excluding hydrogens is 486 g/mol. The predicted octanol–water partition coefficient (Wildman–Crippen LogP) is 5.60. The quantitative estimate of drug-likeness (QED) is 0.385. The minimum atomic E-state index is -0.338. The second kappa shape index (κ2) is 8.67. The maximum Gasteiger partial charge on any atom is 0.279 e. The third-order valence-corrected chi connectivity index (χ3v) is 6.37. The van der Waals surface area contributed by atoms with Crippen LogP contribution in [0.4, 0.5) is 5.13 Å². The molecule has 0 saturated carbocycles. The van der Waals surface area contributed by atoms with Gasteiger partial charge in [-0.2, -0.15) is 0 Å². The van der Waals surface area contributed by atoms with Gasteiger partial charge in [0.05, 0.1) is 17.1 Å². The van der Waals surface area contributed by atoms with Crippen LogP contribution in [0.5, 0.6) is 0 Å². The van der Waals surface area contributed by atoms with E-state index in [0.717, 1.165) is 27.2 Å². The molecule has 0 radical (unpaired) electrons. The van der Waals surface area contributed by atoms with E-state index >= 15 is 0 Å². The zero-order chi connectivity index (χ0) is 21.3. The minimum Gasteiger partial charge on any atom is -0.296 e. The zero-order valence-electron chi connectivity index (χ0n) is 16.2. The van der Waals surface area contributed by atoms with E-state index in [2.05, 4.69) is 48.7 Å². The first-order valence-electron chi connectivity index (χ1n) is 9.11. The molecule has 2 heterocycles. The molecule has 1 amide bonds. The van der Waals surface area contributed by atoms with Crippen molar-refractivity contribution >= 4 is 49.9 Å². The van der Waals surface area contributed by atoms with Crippen LogP contribution in [-0.4, -0.2) is 25.9 Å². The summed E-state index contributed by atoms with van der Waals surface area (Å²) >= 11 is 10.9. The van der Waals surface area contributed by atoms with E-state index < -0.39 is 0 Å². The van der Waals surface area contributed by atoms with Gasteiger partial charge in [-0.25, -0.2) is 9.67 Å². The number of aromatic nitrogens is 4. The molecular formula is C21H17BrClN5OS. The number of rotatable bonds is 5. The van der Waals surface area contributed by atoms with Crippen molar-refractivity contribution in [2.45, 2.75) is 20.3 Å². The molecule has 0 aliphatic rings. The van der Waals surface area contributed by atoms with E-state index in [-0.39, 0.29) is 11.6 Å². The molecule has 0 bridgehead atoms. The van der Waals surface area contributed by atoms with Gasteiger partial charge < -0.3 is 0 Å². The Bertz CT molecular complexity index is 1220. The van der Waals surface area contributed by atoms with Crippen LogP contribution in [0.25, 0.3) is 5.69 Å². The predicted molar refractivity (Wildman–Crippen MR) is 123 cm³/mol. The standard InChI is InChI=1S/C21H17BrClN5OS/c1-12-18(11-14-4-3-5-15(22)10-14)30-21(24-12)25-20(29)19-13(2)28(27-26-19)17-8-6-16(23)7-9-17/h3-10H,11H2,1-2H3,(H,24,25,29). The molecule has 4 aromatic rings. The average Bonchev–Trinajstić information content (AvgIpc) is 3.25. The molecule has 0 unspecified atom stereocenters. The van der Waals surface area contributed by atoms with Gasteiger partial charge in [0.15, 0.2) is 10.8 Å².